The number of benzene rings is 2. The Morgan fingerprint density at radius 1 is 1.00 bits per heavy atom. The van der Waals surface area contributed by atoms with Crippen LogP contribution in [-0.4, -0.2) is 31.9 Å². The molecule has 2 aliphatic rings. The molecule has 2 aromatic carbocycles. The Balaban J connectivity index is 1.75. The summed E-state index contributed by atoms with van der Waals surface area (Å²) in [6.07, 6.45) is 0.629. The minimum absolute atomic E-state index is 0.101. The number of carbonyl (C=O) groups excluding carboxylic acids is 2. The number of amides is 1. The van der Waals surface area contributed by atoms with Crippen molar-refractivity contribution < 1.29 is 32.2 Å². The average molecular weight is 476 g/mol. The second kappa shape index (κ2) is 10.1. The van der Waals surface area contributed by atoms with Gasteiger partial charge >= 0.3 is 12.3 Å². The van der Waals surface area contributed by atoms with Crippen LogP contribution in [-0.2, 0) is 9.53 Å². The van der Waals surface area contributed by atoms with Gasteiger partial charge in [0.05, 0.1) is 12.7 Å². The molecule has 1 aliphatic carbocycles. The Morgan fingerprint density at radius 3 is 2.26 bits per heavy atom. The minimum atomic E-state index is -4.86. The van der Waals surface area contributed by atoms with Gasteiger partial charge in [0.15, 0.2) is 0 Å². The molecule has 0 aromatic heterocycles. The first-order chi connectivity index (χ1) is 16.3. The fourth-order valence-electron chi connectivity index (χ4n) is 5.37. The van der Waals surface area contributed by atoms with E-state index in [2.05, 4.69) is 10.1 Å². The highest BCUT2D eigenvalue weighted by Crippen LogP contribution is 2.47. The van der Waals surface area contributed by atoms with E-state index in [4.69, 9.17) is 4.74 Å². The van der Waals surface area contributed by atoms with Crippen molar-refractivity contribution in [3.63, 3.8) is 0 Å². The monoisotopic (exact) mass is 475 g/mol. The molecule has 2 unspecified atom stereocenters. The summed E-state index contributed by atoms with van der Waals surface area (Å²) in [6.45, 7) is 0.535. The molecule has 1 saturated heterocycles. The van der Waals surface area contributed by atoms with Crippen molar-refractivity contribution in [1.82, 2.24) is 5.32 Å². The Morgan fingerprint density at radius 2 is 1.68 bits per heavy atom. The maximum Gasteiger partial charge on any atom is 0.573 e. The van der Waals surface area contributed by atoms with Gasteiger partial charge in [-0.05, 0) is 60.1 Å². The van der Waals surface area contributed by atoms with E-state index in [0.29, 0.717) is 35.2 Å². The average Bonchev–Trinajstić information content (AvgIpc) is 3.25. The SMILES string of the molecule is COC(=O)c1ccc(-c2ccc(C(C3CCCCC3)C3CCNC3=O)c(OC(F)(F)F)c2)cc1. The highest BCUT2D eigenvalue weighted by atomic mass is 19.4. The molecule has 182 valence electrons. The van der Waals surface area contributed by atoms with Crippen LogP contribution in [0.1, 0.15) is 60.4 Å². The number of alkyl halides is 3. The highest BCUT2D eigenvalue weighted by Gasteiger charge is 2.41. The van der Waals surface area contributed by atoms with Crippen molar-refractivity contribution in [3.8, 4) is 16.9 Å². The van der Waals surface area contributed by atoms with Gasteiger partial charge in [-0.1, -0.05) is 43.5 Å². The standard InChI is InChI=1S/C26H28F3NO4/c1-33-25(32)18-9-7-16(8-10-18)19-11-12-20(22(15-19)34-26(27,28)29)23(17-5-3-2-4-6-17)21-13-14-30-24(21)31/h7-12,15,17,21,23H,2-6,13-14H2,1H3,(H,30,31). The van der Waals surface area contributed by atoms with Crippen LogP contribution in [0, 0.1) is 11.8 Å². The minimum Gasteiger partial charge on any atom is -0.465 e. The highest BCUT2D eigenvalue weighted by molar-refractivity contribution is 5.90. The third-order valence-corrected chi connectivity index (χ3v) is 6.92. The van der Waals surface area contributed by atoms with E-state index in [1.807, 2.05) is 0 Å². The van der Waals surface area contributed by atoms with Gasteiger partial charge in [0, 0.05) is 18.4 Å². The van der Waals surface area contributed by atoms with E-state index < -0.39 is 12.3 Å². The summed E-state index contributed by atoms with van der Waals surface area (Å²) in [5.41, 5.74) is 1.94. The number of rotatable bonds is 6. The predicted molar refractivity (Wildman–Crippen MR) is 120 cm³/mol. The van der Waals surface area contributed by atoms with Crippen molar-refractivity contribution in [2.24, 2.45) is 11.8 Å². The molecule has 1 heterocycles. The molecule has 1 saturated carbocycles. The number of hydrogen-bond acceptors (Lipinski definition) is 4. The largest absolute Gasteiger partial charge is 0.573 e. The lowest BCUT2D eigenvalue weighted by Gasteiger charge is -2.34. The van der Waals surface area contributed by atoms with Crippen LogP contribution >= 0.6 is 0 Å². The lowest BCUT2D eigenvalue weighted by atomic mass is 9.70. The van der Waals surface area contributed by atoms with Gasteiger partial charge in [-0.2, -0.15) is 0 Å². The fraction of sp³-hybridized carbons (Fsp3) is 0.462. The summed E-state index contributed by atoms with van der Waals surface area (Å²) in [5, 5.41) is 2.84. The van der Waals surface area contributed by atoms with Crippen molar-refractivity contribution in [2.45, 2.75) is 50.8 Å². The van der Waals surface area contributed by atoms with Crippen molar-refractivity contribution in [3.05, 3.63) is 53.6 Å². The summed E-state index contributed by atoms with van der Waals surface area (Å²) in [4.78, 5) is 24.3. The molecule has 1 amide bonds. The number of halogens is 3. The first-order valence-electron chi connectivity index (χ1n) is 11.6. The zero-order chi connectivity index (χ0) is 24.3. The lowest BCUT2D eigenvalue weighted by Crippen LogP contribution is -2.30. The number of hydrogen-bond donors (Lipinski definition) is 1. The van der Waals surface area contributed by atoms with E-state index in [1.165, 1.54) is 13.2 Å². The quantitative estimate of drug-likeness (QED) is 0.533. The molecule has 1 N–H and O–H groups in total. The summed E-state index contributed by atoms with van der Waals surface area (Å²) in [5.74, 6) is -1.44. The van der Waals surface area contributed by atoms with Crippen LogP contribution in [0.3, 0.4) is 0 Å². The van der Waals surface area contributed by atoms with E-state index in [9.17, 15) is 22.8 Å². The van der Waals surface area contributed by atoms with E-state index >= 15 is 0 Å². The molecule has 8 heteroatoms. The van der Waals surface area contributed by atoms with Crippen molar-refractivity contribution in [2.75, 3.05) is 13.7 Å². The maximum atomic E-state index is 13.4. The molecule has 2 atom stereocenters. The maximum absolute atomic E-state index is 13.4. The van der Waals surface area contributed by atoms with E-state index in [0.717, 1.165) is 32.1 Å². The normalized spacial score (nSPS) is 20.0. The molecular weight excluding hydrogens is 447 g/mol. The van der Waals surface area contributed by atoms with Crippen LogP contribution in [0.25, 0.3) is 11.1 Å². The van der Waals surface area contributed by atoms with E-state index in [-0.39, 0.29) is 29.4 Å². The lowest BCUT2D eigenvalue weighted by molar-refractivity contribution is -0.275. The zero-order valence-electron chi connectivity index (χ0n) is 19.0. The second-order valence-electron chi connectivity index (χ2n) is 8.98. The smallest absolute Gasteiger partial charge is 0.465 e. The van der Waals surface area contributed by atoms with Crippen molar-refractivity contribution in [1.29, 1.82) is 0 Å². The Labute approximate surface area is 196 Å². The predicted octanol–water partition coefficient (Wildman–Crippen LogP) is 5.84. The van der Waals surface area contributed by atoms with E-state index in [1.54, 1.807) is 36.4 Å². The molecule has 0 bridgehead atoms. The molecular formula is C26H28F3NO4. The number of carbonyl (C=O) groups is 2. The summed E-state index contributed by atoms with van der Waals surface area (Å²) >= 11 is 0. The molecule has 5 nitrogen and oxygen atoms in total. The third-order valence-electron chi connectivity index (χ3n) is 6.92. The third kappa shape index (κ3) is 5.37. The first kappa shape index (κ1) is 24.1. The van der Waals surface area contributed by atoms with Gasteiger partial charge in [0.2, 0.25) is 5.91 Å². The Bertz CT molecular complexity index is 1030. The zero-order valence-corrected chi connectivity index (χ0v) is 19.0. The Hall–Kier alpha value is -3.03. The van der Waals surface area contributed by atoms with Crippen molar-refractivity contribution >= 4 is 11.9 Å². The summed E-state index contributed by atoms with van der Waals surface area (Å²) in [7, 11) is 1.28. The second-order valence-corrected chi connectivity index (χ2v) is 8.98. The van der Waals surface area contributed by atoms with Gasteiger partial charge in [-0.3, -0.25) is 4.79 Å². The van der Waals surface area contributed by atoms with Gasteiger partial charge in [0.1, 0.15) is 5.75 Å². The van der Waals surface area contributed by atoms with Crippen LogP contribution in [0.4, 0.5) is 13.2 Å². The fourth-order valence-corrected chi connectivity index (χ4v) is 5.37. The Kier molecular flexibility index (Phi) is 7.14. The van der Waals surface area contributed by atoms with Crippen LogP contribution in [0.5, 0.6) is 5.75 Å². The number of nitrogens with one attached hydrogen (secondary N) is 1. The number of esters is 1. The molecule has 0 spiro atoms. The molecule has 2 fully saturated rings. The first-order valence-corrected chi connectivity index (χ1v) is 11.6. The molecule has 34 heavy (non-hydrogen) atoms. The van der Waals surface area contributed by atoms with Gasteiger partial charge in [-0.15, -0.1) is 13.2 Å². The van der Waals surface area contributed by atoms with Gasteiger partial charge < -0.3 is 14.8 Å². The topological polar surface area (TPSA) is 64.6 Å². The van der Waals surface area contributed by atoms with Gasteiger partial charge in [0.25, 0.3) is 0 Å². The van der Waals surface area contributed by atoms with Crippen LogP contribution < -0.4 is 10.1 Å². The van der Waals surface area contributed by atoms with Crippen LogP contribution in [0.15, 0.2) is 42.5 Å². The summed E-state index contributed by atoms with van der Waals surface area (Å²) < 4.78 is 49.6. The molecule has 4 rings (SSSR count). The molecule has 0 radical (unpaired) electrons. The molecule has 2 aromatic rings. The number of methoxy groups -OCH3 is 1. The summed E-state index contributed by atoms with van der Waals surface area (Å²) in [6, 6.07) is 11.3. The van der Waals surface area contributed by atoms with Crippen LogP contribution in [0.2, 0.25) is 0 Å². The van der Waals surface area contributed by atoms with Gasteiger partial charge in [-0.25, -0.2) is 4.79 Å². The number of ether oxygens (including phenoxy) is 2. The molecule has 1 aliphatic heterocycles.